The van der Waals surface area contributed by atoms with Crippen molar-refractivity contribution in [1.29, 1.82) is 0 Å². The molecule has 0 radical (unpaired) electrons. The number of hydrogen-bond acceptors (Lipinski definition) is 7. The lowest BCUT2D eigenvalue weighted by Gasteiger charge is -2.16. The number of H-pyrrole nitrogens is 1. The maximum Gasteiger partial charge on any atom is 0.343 e. The van der Waals surface area contributed by atoms with Crippen molar-refractivity contribution in [3.63, 3.8) is 0 Å². The Hall–Kier alpha value is -4.08. The molecule has 0 unspecified atom stereocenters. The van der Waals surface area contributed by atoms with Crippen molar-refractivity contribution in [1.82, 2.24) is 9.55 Å². The Balaban J connectivity index is 1.95. The normalized spacial score (nSPS) is 14.9. The molecule has 1 aliphatic heterocycles. The molecule has 0 aliphatic carbocycles. The van der Waals surface area contributed by atoms with E-state index in [1.165, 1.54) is 38.5 Å². The number of aromatic hydroxyl groups is 1. The van der Waals surface area contributed by atoms with Crippen LogP contribution in [0.3, 0.4) is 0 Å². The van der Waals surface area contributed by atoms with E-state index in [-0.39, 0.29) is 33.9 Å². The fourth-order valence-electron chi connectivity index (χ4n) is 3.42. The molecule has 0 saturated heterocycles. The van der Waals surface area contributed by atoms with Gasteiger partial charge < -0.3 is 19.3 Å². The number of carbonyl (C=O) groups is 1. The summed E-state index contributed by atoms with van der Waals surface area (Å²) in [5.74, 6) is -1.68. The number of esters is 1. The number of hydrogen-bond donors (Lipinski definition) is 2. The molecule has 0 saturated carbocycles. The second-order valence-corrected chi connectivity index (χ2v) is 6.36. The van der Waals surface area contributed by atoms with E-state index in [0.717, 1.165) is 16.7 Å². The van der Waals surface area contributed by atoms with E-state index < -0.39 is 35.0 Å². The first-order chi connectivity index (χ1) is 14.4. The van der Waals surface area contributed by atoms with Gasteiger partial charge in [0.1, 0.15) is 16.9 Å². The van der Waals surface area contributed by atoms with Gasteiger partial charge in [0.15, 0.2) is 17.6 Å². The summed E-state index contributed by atoms with van der Waals surface area (Å²) in [7, 11) is 2.74. The van der Waals surface area contributed by atoms with Gasteiger partial charge in [0.25, 0.3) is 5.56 Å². The molecule has 2 heterocycles. The standard InChI is InChI=1S/C20H15FN2O7/c1-28-12-8-7-11-13(16(12)29-2)19(26)30-15(11)14-17(24)22-20(27)23(18(14)25)10-5-3-9(21)4-6-10/h3-8,15,25H,1-2H3,(H,22,24,27)/t15-/m1/s1. The second-order valence-electron chi connectivity index (χ2n) is 6.36. The van der Waals surface area contributed by atoms with Crippen LogP contribution in [0.4, 0.5) is 4.39 Å². The first-order valence-electron chi connectivity index (χ1n) is 8.67. The van der Waals surface area contributed by atoms with Crippen LogP contribution in [-0.2, 0) is 4.74 Å². The number of nitrogens with zero attached hydrogens (tertiary/aromatic N) is 1. The minimum absolute atomic E-state index is 0.0418. The number of aromatic amines is 1. The Morgan fingerprint density at radius 2 is 1.77 bits per heavy atom. The van der Waals surface area contributed by atoms with Crippen LogP contribution in [0.1, 0.15) is 27.6 Å². The van der Waals surface area contributed by atoms with E-state index in [9.17, 15) is 23.9 Å². The van der Waals surface area contributed by atoms with Crippen LogP contribution in [0.15, 0.2) is 46.0 Å². The largest absolute Gasteiger partial charge is 0.494 e. The van der Waals surface area contributed by atoms with Crippen LogP contribution < -0.4 is 20.7 Å². The SMILES string of the molecule is COc1ccc2c(c1OC)C(=O)O[C@H]2c1c(O)n(-c2ccc(F)cc2)c(=O)[nH]c1=O. The molecular weight excluding hydrogens is 399 g/mol. The third-order valence-corrected chi connectivity index (χ3v) is 4.76. The molecule has 0 fully saturated rings. The van der Waals surface area contributed by atoms with Crippen LogP contribution >= 0.6 is 0 Å². The predicted molar refractivity (Wildman–Crippen MR) is 101 cm³/mol. The average Bonchev–Trinajstić information content (AvgIpc) is 3.04. The summed E-state index contributed by atoms with van der Waals surface area (Å²) in [6, 6.07) is 7.70. The molecule has 0 amide bonds. The maximum absolute atomic E-state index is 13.2. The van der Waals surface area contributed by atoms with E-state index in [2.05, 4.69) is 4.98 Å². The zero-order valence-electron chi connectivity index (χ0n) is 15.8. The Bertz CT molecular complexity index is 1280. The zero-order valence-corrected chi connectivity index (χ0v) is 15.8. The number of halogens is 1. The first kappa shape index (κ1) is 19.2. The van der Waals surface area contributed by atoms with Crippen molar-refractivity contribution in [3.8, 4) is 23.1 Å². The summed E-state index contributed by atoms with van der Waals surface area (Å²) in [4.78, 5) is 39.5. The molecule has 30 heavy (non-hydrogen) atoms. The van der Waals surface area contributed by atoms with Crippen molar-refractivity contribution in [2.24, 2.45) is 0 Å². The fourth-order valence-corrected chi connectivity index (χ4v) is 3.42. The van der Waals surface area contributed by atoms with Gasteiger partial charge in [-0.1, -0.05) is 6.07 Å². The molecule has 1 atom stereocenters. The fraction of sp³-hybridized carbons (Fsp3) is 0.150. The lowest BCUT2D eigenvalue weighted by atomic mass is 9.99. The Morgan fingerprint density at radius 3 is 2.40 bits per heavy atom. The number of carbonyl (C=O) groups excluding carboxylic acids is 1. The topological polar surface area (TPSA) is 120 Å². The number of benzene rings is 2. The number of fused-ring (bicyclic) bond motifs is 1. The van der Waals surface area contributed by atoms with E-state index >= 15 is 0 Å². The van der Waals surface area contributed by atoms with Crippen LogP contribution in [0, 0.1) is 5.82 Å². The molecule has 1 aromatic heterocycles. The minimum Gasteiger partial charge on any atom is -0.494 e. The van der Waals surface area contributed by atoms with Crippen molar-refractivity contribution in [3.05, 3.63) is 79.7 Å². The third-order valence-electron chi connectivity index (χ3n) is 4.76. The molecular formula is C20H15FN2O7. The first-order valence-corrected chi connectivity index (χ1v) is 8.67. The number of methoxy groups -OCH3 is 2. The molecule has 0 bridgehead atoms. The predicted octanol–water partition coefficient (Wildman–Crippen LogP) is 1.65. The van der Waals surface area contributed by atoms with Gasteiger partial charge in [-0.3, -0.25) is 9.78 Å². The number of rotatable bonds is 4. The van der Waals surface area contributed by atoms with Crippen LogP contribution in [-0.4, -0.2) is 34.8 Å². The molecule has 1 aliphatic rings. The monoisotopic (exact) mass is 414 g/mol. The Kier molecular flexibility index (Phi) is 4.53. The number of aromatic nitrogens is 2. The molecule has 3 aromatic rings. The highest BCUT2D eigenvalue weighted by Crippen LogP contribution is 2.44. The highest BCUT2D eigenvalue weighted by Gasteiger charge is 2.40. The zero-order chi connectivity index (χ0) is 21.6. The van der Waals surface area contributed by atoms with Crippen molar-refractivity contribution >= 4 is 5.97 Å². The maximum atomic E-state index is 13.2. The second kappa shape index (κ2) is 7.07. The van der Waals surface area contributed by atoms with Gasteiger partial charge in [0, 0.05) is 5.56 Å². The summed E-state index contributed by atoms with van der Waals surface area (Å²) in [5, 5.41) is 10.8. The Morgan fingerprint density at radius 1 is 1.07 bits per heavy atom. The van der Waals surface area contributed by atoms with E-state index in [1.54, 1.807) is 0 Å². The minimum atomic E-state index is -1.30. The number of cyclic esters (lactones) is 1. The molecule has 2 aromatic carbocycles. The van der Waals surface area contributed by atoms with Gasteiger partial charge in [0.2, 0.25) is 5.88 Å². The van der Waals surface area contributed by atoms with Crippen molar-refractivity contribution in [2.75, 3.05) is 14.2 Å². The summed E-state index contributed by atoms with van der Waals surface area (Å²) in [6.45, 7) is 0. The van der Waals surface area contributed by atoms with Gasteiger partial charge >= 0.3 is 11.7 Å². The average molecular weight is 414 g/mol. The van der Waals surface area contributed by atoms with E-state index in [1.807, 2.05) is 0 Å². The van der Waals surface area contributed by atoms with Gasteiger partial charge in [-0.25, -0.2) is 18.5 Å². The lowest BCUT2D eigenvalue weighted by molar-refractivity contribution is 0.0447. The van der Waals surface area contributed by atoms with E-state index in [0.29, 0.717) is 0 Å². The van der Waals surface area contributed by atoms with Crippen molar-refractivity contribution in [2.45, 2.75) is 6.10 Å². The molecule has 154 valence electrons. The van der Waals surface area contributed by atoms with Crippen LogP contribution in [0.25, 0.3) is 5.69 Å². The van der Waals surface area contributed by atoms with Crippen molar-refractivity contribution < 1.29 is 28.5 Å². The summed E-state index contributed by atoms with van der Waals surface area (Å²) in [6.07, 6.45) is -1.30. The molecule has 4 rings (SSSR count). The molecule has 2 N–H and O–H groups in total. The van der Waals surface area contributed by atoms with Crippen LogP contribution in [0.5, 0.6) is 17.4 Å². The Labute approximate surface area is 167 Å². The smallest absolute Gasteiger partial charge is 0.343 e. The molecule has 0 spiro atoms. The van der Waals surface area contributed by atoms with Gasteiger partial charge in [-0.05, 0) is 30.3 Å². The highest BCUT2D eigenvalue weighted by atomic mass is 19.1. The van der Waals surface area contributed by atoms with Gasteiger partial charge in [0.05, 0.1) is 19.9 Å². The summed E-state index contributed by atoms with van der Waals surface area (Å²) in [5.41, 5.74) is -1.84. The molecule has 9 nitrogen and oxygen atoms in total. The third kappa shape index (κ3) is 2.81. The quantitative estimate of drug-likeness (QED) is 0.623. The molecule has 10 heteroatoms. The highest BCUT2D eigenvalue weighted by molar-refractivity contribution is 5.98. The van der Waals surface area contributed by atoms with Crippen LogP contribution in [0.2, 0.25) is 0 Å². The lowest BCUT2D eigenvalue weighted by Crippen LogP contribution is -2.32. The van der Waals surface area contributed by atoms with Gasteiger partial charge in [-0.15, -0.1) is 0 Å². The number of nitrogens with one attached hydrogen (secondary N) is 1. The van der Waals surface area contributed by atoms with Gasteiger partial charge in [-0.2, -0.15) is 0 Å². The summed E-state index contributed by atoms with van der Waals surface area (Å²) >= 11 is 0. The van der Waals surface area contributed by atoms with E-state index in [4.69, 9.17) is 14.2 Å². The summed E-state index contributed by atoms with van der Waals surface area (Å²) < 4.78 is 29.8. The number of ether oxygens (including phenoxy) is 3.